The predicted octanol–water partition coefficient (Wildman–Crippen LogP) is 1.75. The molecule has 0 atom stereocenters. The van der Waals surface area contributed by atoms with Crippen molar-refractivity contribution in [2.75, 3.05) is 33.4 Å². The number of aliphatic imine (C=N–C) groups is 1. The number of guanidine groups is 1. The van der Waals surface area contributed by atoms with Crippen LogP contribution in [0.2, 0.25) is 0 Å². The molecule has 0 bridgehead atoms. The summed E-state index contributed by atoms with van der Waals surface area (Å²) >= 11 is 0. The number of rotatable bonds is 8. The van der Waals surface area contributed by atoms with E-state index in [0.717, 1.165) is 49.1 Å². The van der Waals surface area contributed by atoms with Crippen LogP contribution in [-0.2, 0) is 24.9 Å². The molecule has 1 aliphatic rings. The van der Waals surface area contributed by atoms with Gasteiger partial charge in [0.15, 0.2) is 23.4 Å². The number of hydrogen-bond donors (Lipinski definition) is 2. The summed E-state index contributed by atoms with van der Waals surface area (Å²) in [5.74, 6) is 0.759. The first-order chi connectivity index (χ1) is 15.0. The fourth-order valence-electron chi connectivity index (χ4n) is 3.49. The number of likely N-dealkylation sites (tertiary alicyclic amines) is 1. The van der Waals surface area contributed by atoms with E-state index in [2.05, 4.69) is 30.7 Å². The van der Waals surface area contributed by atoms with Crippen LogP contribution in [0.25, 0.3) is 0 Å². The molecule has 1 fully saturated rings. The predicted molar refractivity (Wildman–Crippen MR) is 115 cm³/mol. The highest BCUT2D eigenvalue weighted by Gasteiger charge is 2.20. The van der Waals surface area contributed by atoms with Crippen LogP contribution >= 0.6 is 0 Å². The first kappa shape index (κ1) is 23.1. The van der Waals surface area contributed by atoms with Gasteiger partial charge in [0.25, 0.3) is 0 Å². The SMILES string of the molecule is COCCNC(=NCc1nnc(C)n1C)NC1CCN(Cc2ccc(F)c(F)c2)CC1. The molecule has 2 aromatic rings. The number of nitrogens with zero attached hydrogens (tertiary/aromatic N) is 5. The van der Waals surface area contributed by atoms with Crippen LogP contribution < -0.4 is 10.6 Å². The number of hydrogen-bond acceptors (Lipinski definition) is 5. The Hall–Kier alpha value is -2.59. The lowest BCUT2D eigenvalue weighted by Crippen LogP contribution is -2.49. The Morgan fingerprint density at radius 1 is 1.23 bits per heavy atom. The summed E-state index contributed by atoms with van der Waals surface area (Å²) in [7, 11) is 3.59. The maximum Gasteiger partial charge on any atom is 0.192 e. The molecule has 0 unspecified atom stereocenters. The summed E-state index contributed by atoms with van der Waals surface area (Å²) < 4.78 is 33.6. The van der Waals surface area contributed by atoms with E-state index in [1.807, 2.05) is 18.5 Å². The second-order valence-corrected chi connectivity index (χ2v) is 7.75. The second-order valence-electron chi connectivity index (χ2n) is 7.75. The van der Waals surface area contributed by atoms with E-state index >= 15 is 0 Å². The average molecular weight is 436 g/mol. The highest BCUT2D eigenvalue weighted by atomic mass is 19.2. The highest BCUT2D eigenvalue weighted by molar-refractivity contribution is 5.80. The topological polar surface area (TPSA) is 79.6 Å². The van der Waals surface area contributed by atoms with Gasteiger partial charge in [-0.15, -0.1) is 10.2 Å². The van der Waals surface area contributed by atoms with Gasteiger partial charge < -0.3 is 19.9 Å². The molecule has 0 saturated carbocycles. The second kappa shape index (κ2) is 11.1. The summed E-state index contributed by atoms with van der Waals surface area (Å²) in [6.45, 7) is 5.90. The minimum Gasteiger partial charge on any atom is -0.383 e. The lowest BCUT2D eigenvalue weighted by molar-refractivity contribution is 0.196. The fraction of sp³-hybridized carbons (Fsp3) is 0.571. The van der Waals surface area contributed by atoms with Crippen LogP contribution in [0.5, 0.6) is 0 Å². The van der Waals surface area contributed by atoms with E-state index in [9.17, 15) is 8.78 Å². The van der Waals surface area contributed by atoms with Crippen LogP contribution in [0.4, 0.5) is 8.78 Å². The third-order valence-corrected chi connectivity index (χ3v) is 5.48. The van der Waals surface area contributed by atoms with Crippen molar-refractivity contribution in [3.05, 3.63) is 47.0 Å². The molecule has 2 N–H and O–H groups in total. The number of halogens is 2. The molecule has 3 rings (SSSR count). The van der Waals surface area contributed by atoms with Gasteiger partial charge in [-0.05, 0) is 37.5 Å². The van der Waals surface area contributed by atoms with E-state index in [1.54, 1.807) is 13.2 Å². The maximum absolute atomic E-state index is 13.4. The zero-order valence-electron chi connectivity index (χ0n) is 18.4. The van der Waals surface area contributed by atoms with E-state index in [1.165, 1.54) is 12.1 Å². The van der Waals surface area contributed by atoms with Gasteiger partial charge in [-0.2, -0.15) is 0 Å². The van der Waals surface area contributed by atoms with Gasteiger partial charge >= 0.3 is 0 Å². The van der Waals surface area contributed by atoms with Crippen LogP contribution in [0.3, 0.4) is 0 Å². The zero-order chi connectivity index (χ0) is 22.2. The van der Waals surface area contributed by atoms with E-state index < -0.39 is 11.6 Å². The maximum atomic E-state index is 13.4. The first-order valence-corrected chi connectivity index (χ1v) is 10.5. The summed E-state index contributed by atoms with van der Waals surface area (Å²) in [5, 5.41) is 15.0. The van der Waals surface area contributed by atoms with Gasteiger partial charge in [0, 0.05) is 46.4 Å². The van der Waals surface area contributed by atoms with Crippen molar-refractivity contribution in [3.63, 3.8) is 0 Å². The molecule has 2 heterocycles. The molecule has 0 radical (unpaired) electrons. The normalized spacial score (nSPS) is 16.0. The van der Waals surface area contributed by atoms with Crippen molar-refractivity contribution in [1.29, 1.82) is 0 Å². The molecule has 1 aromatic heterocycles. The van der Waals surface area contributed by atoms with Crippen LogP contribution in [0, 0.1) is 18.6 Å². The Bertz CT molecular complexity index is 879. The Labute approximate surface area is 181 Å². The van der Waals surface area contributed by atoms with Crippen molar-refractivity contribution in [3.8, 4) is 0 Å². The lowest BCUT2D eigenvalue weighted by Gasteiger charge is -2.33. The van der Waals surface area contributed by atoms with Crippen LogP contribution in [0.15, 0.2) is 23.2 Å². The van der Waals surface area contributed by atoms with Crippen molar-refractivity contribution in [2.45, 2.75) is 38.9 Å². The highest BCUT2D eigenvalue weighted by Crippen LogP contribution is 2.16. The molecule has 31 heavy (non-hydrogen) atoms. The van der Waals surface area contributed by atoms with Gasteiger partial charge in [0.1, 0.15) is 12.4 Å². The molecule has 1 saturated heterocycles. The summed E-state index contributed by atoms with van der Waals surface area (Å²) in [4.78, 5) is 6.92. The summed E-state index contributed by atoms with van der Waals surface area (Å²) in [6, 6.07) is 4.38. The molecule has 1 aliphatic heterocycles. The zero-order valence-corrected chi connectivity index (χ0v) is 18.4. The molecule has 170 valence electrons. The minimum absolute atomic E-state index is 0.274. The first-order valence-electron chi connectivity index (χ1n) is 10.5. The van der Waals surface area contributed by atoms with Crippen LogP contribution in [0.1, 0.15) is 30.1 Å². The number of aryl methyl sites for hydroxylation is 1. The minimum atomic E-state index is -0.809. The van der Waals surface area contributed by atoms with E-state index in [4.69, 9.17) is 4.74 Å². The molecule has 8 nitrogen and oxygen atoms in total. The van der Waals surface area contributed by atoms with E-state index in [0.29, 0.717) is 26.2 Å². The Morgan fingerprint density at radius 3 is 2.65 bits per heavy atom. The number of benzene rings is 1. The molecular weight excluding hydrogens is 404 g/mol. The number of ether oxygens (including phenoxy) is 1. The van der Waals surface area contributed by atoms with Gasteiger partial charge in [-0.3, -0.25) is 4.90 Å². The largest absolute Gasteiger partial charge is 0.383 e. The lowest BCUT2D eigenvalue weighted by atomic mass is 10.0. The number of aromatic nitrogens is 3. The average Bonchev–Trinajstić information content (AvgIpc) is 3.08. The summed E-state index contributed by atoms with van der Waals surface area (Å²) in [5.41, 5.74) is 0.785. The van der Waals surface area contributed by atoms with Crippen LogP contribution in [-0.4, -0.2) is 65.0 Å². The standard InChI is InChI=1S/C21H31F2N7O/c1-15-27-28-20(29(15)2)13-25-21(24-8-11-31-3)26-17-6-9-30(10-7-17)14-16-4-5-18(22)19(23)12-16/h4-5,12,17H,6-11,13-14H2,1-3H3,(H2,24,25,26). The molecular formula is C21H31F2N7O. The van der Waals surface area contributed by atoms with Gasteiger partial charge in [-0.25, -0.2) is 13.8 Å². The van der Waals surface area contributed by atoms with Crippen molar-refractivity contribution in [2.24, 2.45) is 12.0 Å². The smallest absolute Gasteiger partial charge is 0.192 e. The van der Waals surface area contributed by atoms with Crippen molar-refractivity contribution >= 4 is 5.96 Å². The monoisotopic (exact) mass is 435 g/mol. The Morgan fingerprint density at radius 2 is 2.00 bits per heavy atom. The quantitative estimate of drug-likeness (QED) is 0.374. The van der Waals surface area contributed by atoms with Gasteiger partial charge in [-0.1, -0.05) is 6.07 Å². The molecule has 0 spiro atoms. The summed E-state index contributed by atoms with van der Waals surface area (Å²) in [6.07, 6.45) is 1.86. The van der Waals surface area contributed by atoms with E-state index in [-0.39, 0.29) is 6.04 Å². The van der Waals surface area contributed by atoms with Crippen molar-refractivity contribution < 1.29 is 13.5 Å². The third-order valence-electron chi connectivity index (χ3n) is 5.48. The molecule has 0 aliphatic carbocycles. The molecule has 1 aromatic carbocycles. The number of piperidine rings is 1. The Balaban J connectivity index is 1.53. The number of nitrogens with one attached hydrogen (secondary N) is 2. The van der Waals surface area contributed by atoms with Gasteiger partial charge in [0.05, 0.1) is 6.61 Å². The van der Waals surface area contributed by atoms with Gasteiger partial charge in [0.2, 0.25) is 0 Å². The Kier molecular flexibility index (Phi) is 8.30. The molecule has 0 amide bonds. The van der Waals surface area contributed by atoms with Crippen molar-refractivity contribution in [1.82, 2.24) is 30.3 Å². The third kappa shape index (κ3) is 6.70. The molecule has 10 heteroatoms. The number of methoxy groups -OCH3 is 1. The fourth-order valence-corrected chi connectivity index (χ4v) is 3.49.